The van der Waals surface area contributed by atoms with E-state index in [4.69, 9.17) is 37.9 Å². The van der Waals surface area contributed by atoms with Crippen molar-refractivity contribution in [3.63, 3.8) is 0 Å². The number of likely N-dealkylation sites (tertiary alicyclic amines) is 1. The summed E-state index contributed by atoms with van der Waals surface area (Å²) in [6, 6.07) is 8.17. The van der Waals surface area contributed by atoms with Crippen molar-refractivity contribution < 1.29 is 18.7 Å². The smallest absolute Gasteiger partial charge is 0.263 e. The molecule has 4 rings (SSSR count). The number of nitriles is 1. The lowest BCUT2D eigenvalue weighted by atomic mass is 10.1. The van der Waals surface area contributed by atoms with Crippen LogP contribution in [0.4, 0.5) is 15.9 Å². The average Bonchev–Trinajstić information content (AvgIpc) is 2.88. The Kier molecular flexibility index (Phi) is 7.24. The van der Waals surface area contributed by atoms with E-state index in [9.17, 15) is 9.18 Å². The molecule has 0 unspecified atom stereocenters. The number of methoxy groups -OCH3 is 1. The van der Waals surface area contributed by atoms with Gasteiger partial charge in [0.05, 0.1) is 28.4 Å². The van der Waals surface area contributed by atoms with Gasteiger partial charge in [-0.25, -0.2) is 14.4 Å². The highest BCUT2D eigenvalue weighted by atomic mass is 35.5. The topological polar surface area (TPSA) is 100 Å². The molecule has 0 radical (unpaired) electrons. The van der Waals surface area contributed by atoms with E-state index in [2.05, 4.69) is 21.9 Å². The van der Waals surface area contributed by atoms with Crippen molar-refractivity contribution in [1.82, 2.24) is 14.9 Å². The monoisotopic (exact) mass is 515 g/mol. The lowest BCUT2D eigenvalue weighted by molar-refractivity contribution is -0.128. The number of benzene rings is 2. The first-order chi connectivity index (χ1) is 16.8. The number of aromatic nitrogens is 2. The molecule has 180 valence electrons. The quantitative estimate of drug-likeness (QED) is 0.270. The van der Waals surface area contributed by atoms with Gasteiger partial charge in [-0.15, -0.1) is 0 Å². The fourth-order valence-electron chi connectivity index (χ4n) is 3.76. The molecule has 3 aromatic rings. The summed E-state index contributed by atoms with van der Waals surface area (Å²) in [6.45, 7) is 4.36. The molecule has 35 heavy (non-hydrogen) atoms. The Morgan fingerprint density at radius 3 is 2.69 bits per heavy atom. The fraction of sp³-hybridized carbons (Fsp3) is 0.250. The highest BCUT2D eigenvalue weighted by Gasteiger charge is 2.26. The SMILES string of the molecule is C=C(C#N)C(=O)N1CCC(Oc2cc3c(Nc4ccc(Cl)c(Cl)c4F)ncnc3cc2OC)CC1. The van der Waals surface area contributed by atoms with Crippen LogP contribution in [-0.4, -0.2) is 47.1 Å². The number of fused-ring (bicyclic) bond motifs is 1. The maximum absolute atomic E-state index is 14.6. The Balaban J connectivity index is 1.59. The van der Waals surface area contributed by atoms with Crippen molar-refractivity contribution in [3.8, 4) is 17.6 Å². The maximum Gasteiger partial charge on any atom is 0.263 e. The van der Waals surface area contributed by atoms with Gasteiger partial charge >= 0.3 is 0 Å². The molecule has 11 heteroatoms. The first kappa shape index (κ1) is 24.5. The standard InChI is InChI=1S/C24H20Cl2FN5O3/c1-13(11-28)24(33)32-7-5-14(6-8-32)35-20-9-15-18(10-19(20)34-2)29-12-30-23(15)31-17-4-3-16(25)21(26)22(17)27/h3-4,9-10,12,14H,1,5-8H2,2H3,(H,29,30,31). The van der Waals surface area contributed by atoms with Crippen molar-refractivity contribution in [1.29, 1.82) is 5.26 Å². The molecular weight excluding hydrogens is 496 g/mol. The molecule has 0 bridgehead atoms. The summed E-state index contributed by atoms with van der Waals surface area (Å²) in [5.41, 5.74) is 0.579. The zero-order valence-electron chi connectivity index (χ0n) is 18.6. The number of hydrogen-bond donors (Lipinski definition) is 1. The summed E-state index contributed by atoms with van der Waals surface area (Å²) in [5.74, 6) is 0.209. The van der Waals surface area contributed by atoms with Crippen molar-refractivity contribution in [3.05, 3.63) is 58.6 Å². The molecule has 1 amide bonds. The van der Waals surface area contributed by atoms with E-state index >= 15 is 0 Å². The summed E-state index contributed by atoms with van der Waals surface area (Å²) >= 11 is 11.8. The molecule has 1 aliphatic heterocycles. The molecule has 8 nitrogen and oxygen atoms in total. The van der Waals surface area contributed by atoms with E-state index in [-0.39, 0.29) is 33.3 Å². The number of nitrogens with zero attached hydrogens (tertiary/aromatic N) is 4. The number of carbonyl (C=O) groups is 1. The summed E-state index contributed by atoms with van der Waals surface area (Å²) in [5, 5.41) is 12.3. The number of anilines is 2. The van der Waals surface area contributed by atoms with Gasteiger partial charge < -0.3 is 19.7 Å². The Labute approximate surface area is 210 Å². The predicted molar refractivity (Wildman–Crippen MR) is 131 cm³/mol. The number of halogens is 3. The first-order valence-corrected chi connectivity index (χ1v) is 11.4. The second-order valence-corrected chi connectivity index (χ2v) is 8.58. The number of hydrogen-bond acceptors (Lipinski definition) is 7. The van der Waals surface area contributed by atoms with Gasteiger partial charge in [0, 0.05) is 37.4 Å². The average molecular weight is 516 g/mol. The van der Waals surface area contributed by atoms with E-state index in [1.54, 1.807) is 23.1 Å². The molecule has 0 atom stereocenters. The molecule has 1 fully saturated rings. The third-order valence-electron chi connectivity index (χ3n) is 5.62. The Hall–Kier alpha value is -3.61. The van der Waals surface area contributed by atoms with Gasteiger partial charge in [0.1, 0.15) is 29.9 Å². The van der Waals surface area contributed by atoms with Gasteiger partial charge in [0.25, 0.3) is 5.91 Å². The third-order valence-corrected chi connectivity index (χ3v) is 6.41. The largest absolute Gasteiger partial charge is 0.493 e. The van der Waals surface area contributed by atoms with Gasteiger partial charge in [-0.2, -0.15) is 5.26 Å². The minimum atomic E-state index is -0.698. The lowest BCUT2D eigenvalue weighted by Gasteiger charge is -2.32. The number of amides is 1. The van der Waals surface area contributed by atoms with Crippen LogP contribution in [0.5, 0.6) is 11.5 Å². The van der Waals surface area contributed by atoms with Crippen LogP contribution in [0, 0.1) is 17.1 Å². The molecule has 2 aromatic carbocycles. The van der Waals surface area contributed by atoms with E-state index in [0.29, 0.717) is 54.2 Å². The Morgan fingerprint density at radius 2 is 2.00 bits per heavy atom. The number of rotatable bonds is 6. The molecule has 1 N–H and O–H groups in total. The minimum absolute atomic E-state index is 0.0843. The molecule has 0 spiro atoms. The third kappa shape index (κ3) is 5.09. The summed E-state index contributed by atoms with van der Waals surface area (Å²) in [6.07, 6.45) is 2.30. The second kappa shape index (κ2) is 10.3. The maximum atomic E-state index is 14.6. The highest BCUT2D eigenvalue weighted by Crippen LogP contribution is 2.37. The summed E-state index contributed by atoms with van der Waals surface area (Å²) < 4.78 is 26.3. The van der Waals surface area contributed by atoms with E-state index in [1.165, 1.54) is 25.6 Å². The number of piperidine rings is 1. The molecular formula is C24H20Cl2FN5O3. The van der Waals surface area contributed by atoms with Crippen LogP contribution in [0.25, 0.3) is 10.9 Å². The van der Waals surface area contributed by atoms with Gasteiger partial charge in [0.2, 0.25) is 0 Å². The van der Waals surface area contributed by atoms with Gasteiger partial charge in [-0.1, -0.05) is 29.8 Å². The zero-order chi connectivity index (χ0) is 25.1. The van der Waals surface area contributed by atoms with E-state index in [0.717, 1.165) is 0 Å². The van der Waals surface area contributed by atoms with Crippen LogP contribution in [-0.2, 0) is 4.79 Å². The van der Waals surface area contributed by atoms with E-state index in [1.807, 2.05) is 0 Å². The van der Waals surface area contributed by atoms with Crippen molar-refractivity contribution in [2.24, 2.45) is 0 Å². The van der Waals surface area contributed by atoms with Crippen molar-refractivity contribution >= 4 is 51.5 Å². The molecule has 2 heterocycles. The van der Waals surface area contributed by atoms with Crippen LogP contribution < -0.4 is 14.8 Å². The van der Waals surface area contributed by atoms with Gasteiger partial charge in [-0.3, -0.25) is 4.79 Å². The van der Waals surface area contributed by atoms with Gasteiger partial charge in [0.15, 0.2) is 17.3 Å². The molecule has 1 saturated heterocycles. The number of nitrogens with one attached hydrogen (secondary N) is 1. The predicted octanol–water partition coefficient (Wildman–Crippen LogP) is 5.28. The molecule has 1 aromatic heterocycles. The molecule has 1 aliphatic rings. The zero-order valence-corrected chi connectivity index (χ0v) is 20.2. The minimum Gasteiger partial charge on any atom is -0.493 e. The first-order valence-electron chi connectivity index (χ1n) is 10.6. The Morgan fingerprint density at radius 1 is 1.26 bits per heavy atom. The van der Waals surface area contributed by atoms with Crippen molar-refractivity contribution in [2.45, 2.75) is 18.9 Å². The lowest BCUT2D eigenvalue weighted by Crippen LogP contribution is -2.42. The van der Waals surface area contributed by atoms with Crippen LogP contribution in [0.2, 0.25) is 10.0 Å². The number of ether oxygens (including phenoxy) is 2. The van der Waals surface area contributed by atoms with Crippen LogP contribution in [0.15, 0.2) is 42.7 Å². The van der Waals surface area contributed by atoms with Crippen molar-refractivity contribution in [2.75, 3.05) is 25.5 Å². The Bertz CT molecular complexity index is 1350. The number of carbonyl (C=O) groups excluding carboxylic acids is 1. The van der Waals surface area contributed by atoms with Crippen LogP contribution in [0.3, 0.4) is 0 Å². The molecule has 0 aliphatic carbocycles. The van der Waals surface area contributed by atoms with Gasteiger partial charge in [-0.05, 0) is 18.2 Å². The molecule has 0 saturated carbocycles. The second-order valence-electron chi connectivity index (χ2n) is 7.79. The van der Waals surface area contributed by atoms with Crippen LogP contribution in [0.1, 0.15) is 12.8 Å². The summed E-state index contributed by atoms with van der Waals surface area (Å²) in [7, 11) is 1.52. The highest BCUT2D eigenvalue weighted by molar-refractivity contribution is 6.42. The van der Waals surface area contributed by atoms with E-state index < -0.39 is 5.82 Å². The summed E-state index contributed by atoms with van der Waals surface area (Å²) in [4.78, 5) is 22.3. The normalized spacial score (nSPS) is 13.9. The van der Waals surface area contributed by atoms with Crippen LogP contribution >= 0.6 is 23.2 Å². The fourth-order valence-corrected chi connectivity index (χ4v) is 4.07.